The van der Waals surface area contributed by atoms with Gasteiger partial charge in [0.25, 0.3) is 5.91 Å². The molecule has 0 atom stereocenters. The second kappa shape index (κ2) is 7.69. The van der Waals surface area contributed by atoms with Gasteiger partial charge in [-0.05, 0) is 23.8 Å². The third-order valence-corrected chi connectivity index (χ3v) is 4.84. The van der Waals surface area contributed by atoms with E-state index in [9.17, 15) is 4.79 Å². The van der Waals surface area contributed by atoms with Crippen molar-refractivity contribution in [2.75, 3.05) is 5.32 Å². The van der Waals surface area contributed by atoms with Crippen molar-refractivity contribution in [3.8, 4) is 5.88 Å². The van der Waals surface area contributed by atoms with Crippen molar-refractivity contribution < 1.29 is 9.53 Å². The molecule has 0 spiro atoms. The first-order chi connectivity index (χ1) is 13.2. The second-order valence-electron chi connectivity index (χ2n) is 5.60. The van der Waals surface area contributed by atoms with Gasteiger partial charge in [-0.3, -0.25) is 10.1 Å². The summed E-state index contributed by atoms with van der Waals surface area (Å²) in [5.41, 5.74) is 1.98. The van der Waals surface area contributed by atoms with Crippen molar-refractivity contribution in [3.05, 3.63) is 77.2 Å². The molecule has 8 heteroatoms. The van der Waals surface area contributed by atoms with Gasteiger partial charge in [-0.25, -0.2) is 15.0 Å². The van der Waals surface area contributed by atoms with Crippen LogP contribution in [0, 0.1) is 0 Å². The Morgan fingerprint density at radius 2 is 1.96 bits per heavy atom. The molecular weight excluding hydrogens is 384 g/mol. The molecule has 0 bridgehead atoms. The van der Waals surface area contributed by atoms with Gasteiger partial charge >= 0.3 is 0 Å². The molecule has 4 aromatic rings. The number of rotatable bonds is 5. The van der Waals surface area contributed by atoms with Gasteiger partial charge in [-0.15, -0.1) is 0 Å². The van der Waals surface area contributed by atoms with E-state index in [1.807, 2.05) is 42.5 Å². The summed E-state index contributed by atoms with van der Waals surface area (Å²) in [4.78, 5) is 24.9. The molecule has 0 radical (unpaired) electrons. The minimum Gasteiger partial charge on any atom is -0.473 e. The van der Waals surface area contributed by atoms with Crippen LogP contribution >= 0.6 is 22.9 Å². The number of amides is 1. The van der Waals surface area contributed by atoms with E-state index in [1.54, 1.807) is 6.07 Å². The fourth-order valence-electron chi connectivity index (χ4n) is 2.39. The first-order valence-corrected chi connectivity index (χ1v) is 9.23. The Bertz CT molecular complexity index is 1100. The zero-order valence-corrected chi connectivity index (χ0v) is 15.5. The standard InChI is InChI=1S/C19H13ClN4O2S/c20-13-6-7-14-16(8-13)27-19(23-14)24-18(25)15-9-17(22-11-21-15)26-10-12-4-2-1-3-5-12/h1-9,11H,10H2,(H,23,24,25). The lowest BCUT2D eigenvalue weighted by Gasteiger charge is -2.06. The molecule has 6 nitrogen and oxygen atoms in total. The first kappa shape index (κ1) is 17.4. The smallest absolute Gasteiger partial charge is 0.276 e. The minimum atomic E-state index is -0.382. The van der Waals surface area contributed by atoms with Gasteiger partial charge in [0.15, 0.2) is 5.13 Å². The maximum Gasteiger partial charge on any atom is 0.276 e. The topological polar surface area (TPSA) is 77.0 Å². The molecule has 2 heterocycles. The maximum atomic E-state index is 12.5. The van der Waals surface area contributed by atoms with Crippen LogP contribution in [0.1, 0.15) is 16.1 Å². The Morgan fingerprint density at radius 1 is 1.11 bits per heavy atom. The van der Waals surface area contributed by atoms with Crippen molar-refractivity contribution in [1.29, 1.82) is 0 Å². The molecular formula is C19H13ClN4O2S. The highest BCUT2D eigenvalue weighted by Crippen LogP contribution is 2.28. The Balaban J connectivity index is 1.46. The van der Waals surface area contributed by atoms with E-state index in [2.05, 4.69) is 20.3 Å². The number of benzene rings is 2. The lowest BCUT2D eigenvalue weighted by atomic mass is 10.2. The maximum absolute atomic E-state index is 12.5. The van der Waals surface area contributed by atoms with Crippen LogP contribution in [0.3, 0.4) is 0 Å². The average Bonchev–Trinajstić information content (AvgIpc) is 3.08. The first-order valence-electron chi connectivity index (χ1n) is 8.03. The van der Waals surface area contributed by atoms with Gasteiger partial charge in [-0.2, -0.15) is 0 Å². The molecule has 2 aromatic heterocycles. The normalized spacial score (nSPS) is 10.7. The number of hydrogen-bond donors (Lipinski definition) is 1. The van der Waals surface area contributed by atoms with Crippen LogP contribution in [0.25, 0.3) is 10.2 Å². The summed E-state index contributed by atoms with van der Waals surface area (Å²) in [6.45, 7) is 0.359. The van der Waals surface area contributed by atoms with E-state index in [4.69, 9.17) is 16.3 Å². The summed E-state index contributed by atoms with van der Waals surface area (Å²) in [6.07, 6.45) is 1.30. The molecule has 0 aliphatic heterocycles. The number of nitrogens with one attached hydrogen (secondary N) is 1. The molecule has 0 aliphatic rings. The Kier molecular flexibility index (Phi) is 4.95. The zero-order chi connectivity index (χ0) is 18.6. The summed E-state index contributed by atoms with van der Waals surface area (Å²) < 4.78 is 6.53. The number of ether oxygens (including phenoxy) is 1. The molecule has 0 saturated heterocycles. The van der Waals surface area contributed by atoms with E-state index >= 15 is 0 Å². The van der Waals surface area contributed by atoms with E-state index < -0.39 is 0 Å². The van der Waals surface area contributed by atoms with Crippen molar-refractivity contribution in [3.63, 3.8) is 0 Å². The monoisotopic (exact) mass is 396 g/mol. The second-order valence-corrected chi connectivity index (χ2v) is 7.07. The van der Waals surface area contributed by atoms with Crippen LogP contribution in [-0.2, 0) is 6.61 Å². The summed E-state index contributed by atoms with van der Waals surface area (Å²) in [5.74, 6) is -0.0535. The number of thiazole rings is 1. The van der Waals surface area contributed by atoms with Gasteiger partial charge in [0.05, 0.1) is 10.2 Å². The third-order valence-electron chi connectivity index (χ3n) is 3.68. The number of nitrogens with zero attached hydrogens (tertiary/aromatic N) is 3. The van der Waals surface area contributed by atoms with Crippen molar-refractivity contribution in [2.45, 2.75) is 6.61 Å². The third kappa shape index (κ3) is 4.21. The highest BCUT2D eigenvalue weighted by atomic mass is 35.5. The molecule has 4 rings (SSSR count). The van der Waals surface area contributed by atoms with E-state index in [-0.39, 0.29) is 11.6 Å². The summed E-state index contributed by atoms with van der Waals surface area (Å²) in [5, 5.41) is 3.85. The summed E-state index contributed by atoms with van der Waals surface area (Å²) in [6, 6.07) is 16.6. The number of hydrogen-bond acceptors (Lipinski definition) is 6. The molecule has 0 fully saturated rings. The number of carbonyl (C=O) groups is 1. The molecule has 0 aliphatic carbocycles. The number of aromatic nitrogens is 3. The molecule has 1 amide bonds. The fraction of sp³-hybridized carbons (Fsp3) is 0.0526. The number of fused-ring (bicyclic) bond motifs is 1. The number of carbonyl (C=O) groups excluding carboxylic acids is 1. The molecule has 134 valence electrons. The van der Waals surface area contributed by atoms with Crippen LogP contribution < -0.4 is 10.1 Å². The lowest BCUT2D eigenvalue weighted by Crippen LogP contribution is -2.14. The molecule has 0 saturated carbocycles. The Labute approximate surface area is 163 Å². The SMILES string of the molecule is O=C(Nc1nc2ccc(Cl)cc2s1)c1cc(OCc2ccccc2)ncn1. The van der Waals surface area contributed by atoms with Crippen molar-refractivity contribution in [2.24, 2.45) is 0 Å². The quantitative estimate of drug-likeness (QED) is 0.534. The largest absolute Gasteiger partial charge is 0.473 e. The molecule has 0 unspecified atom stereocenters. The van der Waals surface area contributed by atoms with Crippen molar-refractivity contribution >= 4 is 44.2 Å². The molecule has 27 heavy (non-hydrogen) atoms. The highest BCUT2D eigenvalue weighted by Gasteiger charge is 2.13. The minimum absolute atomic E-state index is 0.199. The molecule has 1 N–H and O–H groups in total. The van der Waals surface area contributed by atoms with Gasteiger partial charge < -0.3 is 4.74 Å². The fourth-order valence-corrected chi connectivity index (χ4v) is 3.52. The average molecular weight is 397 g/mol. The number of anilines is 1. The Morgan fingerprint density at radius 3 is 2.81 bits per heavy atom. The van der Waals surface area contributed by atoms with Crippen LogP contribution in [0.4, 0.5) is 5.13 Å². The van der Waals surface area contributed by atoms with Gasteiger partial charge in [-0.1, -0.05) is 53.3 Å². The predicted molar refractivity (Wildman–Crippen MR) is 105 cm³/mol. The van der Waals surface area contributed by atoms with Crippen LogP contribution in [-0.4, -0.2) is 20.9 Å². The van der Waals surface area contributed by atoms with Crippen LogP contribution in [0.5, 0.6) is 5.88 Å². The number of halogens is 1. The summed E-state index contributed by atoms with van der Waals surface area (Å²) in [7, 11) is 0. The van der Waals surface area contributed by atoms with Crippen molar-refractivity contribution in [1.82, 2.24) is 15.0 Å². The summed E-state index contributed by atoms with van der Waals surface area (Å²) >= 11 is 7.33. The Hall–Kier alpha value is -3.03. The van der Waals surface area contributed by atoms with Gasteiger partial charge in [0.2, 0.25) is 5.88 Å². The van der Waals surface area contributed by atoms with E-state index in [0.29, 0.717) is 22.6 Å². The zero-order valence-electron chi connectivity index (χ0n) is 13.9. The van der Waals surface area contributed by atoms with E-state index in [0.717, 1.165) is 15.8 Å². The van der Waals surface area contributed by atoms with Crippen LogP contribution in [0.2, 0.25) is 5.02 Å². The highest BCUT2D eigenvalue weighted by molar-refractivity contribution is 7.22. The van der Waals surface area contributed by atoms with E-state index in [1.165, 1.54) is 23.7 Å². The van der Waals surface area contributed by atoms with Crippen LogP contribution in [0.15, 0.2) is 60.9 Å². The van der Waals surface area contributed by atoms with Gasteiger partial charge in [0.1, 0.15) is 18.6 Å². The predicted octanol–water partition coefficient (Wildman–Crippen LogP) is 4.57. The molecule has 2 aromatic carbocycles. The lowest BCUT2D eigenvalue weighted by molar-refractivity contribution is 0.102. The van der Waals surface area contributed by atoms with Gasteiger partial charge in [0, 0.05) is 11.1 Å².